The summed E-state index contributed by atoms with van der Waals surface area (Å²) in [4.78, 5) is 13.0. The second-order valence-corrected chi connectivity index (χ2v) is 9.49. The molecule has 2 aromatic carbocycles. The maximum atomic E-state index is 13.1. The van der Waals surface area contributed by atoms with Gasteiger partial charge >= 0.3 is 0 Å². The topological polar surface area (TPSA) is 84.9 Å². The molecule has 0 bridgehead atoms. The van der Waals surface area contributed by atoms with Gasteiger partial charge in [-0.15, -0.1) is 0 Å². The van der Waals surface area contributed by atoms with Crippen LogP contribution in [-0.4, -0.2) is 44.9 Å². The van der Waals surface area contributed by atoms with Crippen LogP contribution in [0.2, 0.25) is 5.02 Å². The zero-order valence-corrected chi connectivity index (χ0v) is 19.2. The average molecular weight is 467 g/mol. The largest absolute Gasteiger partial charge is 0.492 e. The van der Waals surface area contributed by atoms with Crippen molar-refractivity contribution in [1.82, 2.24) is 4.31 Å². The van der Waals surface area contributed by atoms with Gasteiger partial charge in [-0.1, -0.05) is 23.7 Å². The second kappa shape index (κ2) is 10.3. The normalized spacial score (nSPS) is 17.2. The Labute approximate surface area is 188 Å². The first kappa shape index (κ1) is 23.4. The molecule has 0 unspecified atom stereocenters. The summed E-state index contributed by atoms with van der Waals surface area (Å²) in [6.45, 7) is 5.07. The Morgan fingerprint density at radius 3 is 2.55 bits per heavy atom. The van der Waals surface area contributed by atoms with Gasteiger partial charge in [0.2, 0.25) is 15.9 Å². The van der Waals surface area contributed by atoms with E-state index in [1.807, 2.05) is 26.0 Å². The molecule has 168 valence electrons. The van der Waals surface area contributed by atoms with E-state index in [0.717, 1.165) is 0 Å². The molecule has 9 heteroatoms. The lowest BCUT2D eigenvalue weighted by molar-refractivity contribution is -0.120. The number of anilines is 1. The molecule has 0 spiro atoms. The first-order valence-corrected chi connectivity index (χ1v) is 12.1. The van der Waals surface area contributed by atoms with Crippen LogP contribution in [0.1, 0.15) is 26.7 Å². The van der Waals surface area contributed by atoms with E-state index in [2.05, 4.69) is 5.32 Å². The molecule has 0 aliphatic carbocycles. The van der Waals surface area contributed by atoms with Gasteiger partial charge in [0.05, 0.1) is 34.7 Å². The van der Waals surface area contributed by atoms with Crippen LogP contribution in [0.15, 0.2) is 47.4 Å². The molecule has 0 aromatic heterocycles. The number of hydrogen-bond donors (Lipinski definition) is 1. The summed E-state index contributed by atoms with van der Waals surface area (Å²) in [5.74, 6) is 0.336. The van der Waals surface area contributed by atoms with Crippen LogP contribution >= 0.6 is 11.6 Å². The van der Waals surface area contributed by atoms with Gasteiger partial charge in [-0.3, -0.25) is 4.79 Å². The number of para-hydroxylation sites is 2. The number of piperidine rings is 1. The molecule has 2 aromatic rings. The third kappa shape index (κ3) is 5.50. The Kier molecular flexibility index (Phi) is 7.80. The number of halogens is 1. The molecule has 3 rings (SSSR count). The SMILES string of the molecule is CCOc1ccc(S(=O)(=O)N2CCC[C@H](C(=O)Nc3ccccc3OCC)C2)cc1Cl. The minimum atomic E-state index is -3.78. The minimum Gasteiger partial charge on any atom is -0.492 e. The van der Waals surface area contributed by atoms with Crippen LogP contribution in [0.4, 0.5) is 5.69 Å². The smallest absolute Gasteiger partial charge is 0.243 e. The Balaban J connectivity index is 1.74. The summed E-state index contributed by atoms with van der Waals surface area (Å²) in [7, 11) is -3.78. The molecule has 1 saturated heterocycles. The molecule has 1 atom stereocenters. The van der Waals surface area contributed by atoms with E-state index in [1.165, 1.54) is 16.4 Å². The predicted molar refractivity (Wildman–Crippen MR) is 120 cm³/mol. The summed E-state index contributed by atoms with van der Waals surface area (Å²) in [5.41, 5.74) is 0.577. The van der Waals surface area contributed by atoms with Crippen LogP contribution in [0.25, 0.3) is 0 Å². The van der Waals surface area contributed by atoms with Crippen molar-refractivity contribution in [1.29, 1.82) is 0 Å². The van der Waals surface area contributed by atoms with Crippen LogP contribution in [0, 0.1) is 5.92 Å². The molecular formula is C22H27ClN2O5S. The van der Waals surface area contributed by atoms with E-state index in [-0.39, 0.29) is 22.4 Å². The summed E-state index contributed by atoms with van der Waals surface area (Å²) in [5, 5.41) is 3.12. The third-order valence-electron chi connectivity index (χ3n) is 5.04. The highest BCUT2D eigenvalue weighted by molar-refractivity contribution is 7.89. The minimum absolute atomic E-state index is 0.0868. The summed E-state index contributed by atoms with van der Waals surface area (Å²) in [6.07, 6.45) is 1.20. The van der Waals surface area contributed by atoms with Gasteiger partial charge in [-0.25, -0.2) is 8.42 Å². The second-order valence-electron chi connectivity index (χ2n) is 7.15. The number of carbonyl (C=O) groups excluding carboxylic acids is 1. The monoisotopic (exact) mass is 466 g/mol. The summed E-state index contributed by atoms with van der Waals surface area (Å²) >= 11 is 6.18. The zero-order chi connectivity index (χ0) is 22.4. The lowest BCUT2D eigenvalue weighted by atomic mass is 9.98. The Hall–Kier alpha value is -2.29. The van der Waals surface area contributed by atoms with E-state index in [9.17, 15) is 13.2 Å². The predicted octanol–water partition coefficient (Wildman–Crippen LogP) is 4.18. The van der Waals surface area contributed by atoms with Gasteiger partial charge in [0, 0.05) is 13.1 Å². The lowest BCUT2D eigenvalue weighted by Gasteiger charge is -2.31. The van der Waals surface area contributed by atoms with Crippen LogP contribution in [-0.2, 0) is 14.8 Å². The van der Waals surface area contributed by atoms with Crippen molar-refractivity contribution >= 4 is 33.2 Å². The highest BCUT2D eigenvalue weighted by Gasteiger charge is 2.34. The van der Waals surface area contributed by atoms with E-state index in [1.54, 1.807) is 18.2 Å². The molecule has 1 aliphatic rings. The summed E-state index contributed by atoms with van der Waals surface area (Å²) < 4.78 is 38.6. The van der Waals surface area contributed by atoms with E-state index in [4.69, 9.17) is 21.1 Å². The van der Waals surface area contributed by atoms with Gasteiger partial charge in [-0.05, 0) is 57.0 Å². The van der Waals surface area contributed by atoms with E-state index in [0.29, 0.717) is 49.8 Å². The molecule has 1 aliphatic heterocycles. The van der Waals surface area contributed by atoms with Crippen molar-refractivity contribution in [2.45, 2.75) is 31.6 Å². The van der Waals surface area contributed by atoms with Crippen molar-refractivity contribution < 1.29 is 22.7 Å². The van der Waals surface area contributed by atoms with Gasteiger partial charge in [0.1, 0.15) is 11.5 Å². The number of nitrogens with zero attached hydrogens (tertiary/aromatic N) is 1. The Morgan fingerprint density at radius 1 is 1.13 bits per heavy atom. The van der Waals surface area contributed by atoms with Gasteiger partial charge in [0.15, 0.2) is 0 Å². The van der Waals surface area contributed by atoms with E-state index >= 15 is 0 Å². The third-order valence-corrected chi connectivity index (χ3v) is 7.20. The van der Waals surface area contributed by atoms with E-state index < -0.39 is 15.9 Å². The number of rotatable bonds is 8. The van der Waals surface area contributed by atoms with Gasteiger partial charge in [-0.2, -0.15) is 4.31 Å². The molecular weight excluding hydrogens is 440 g/mol. The van der Waals surface area contributed by atoms with Crippen molar-refractivity contribution in [3.8, 4) is 11.5 Å². The lowest BCUT2D eigenvalue weighted by Crippen LogP contribution is -2.43. The fraction of sp³-hybridized carbons (Fsp3) is 0.409. The molecule has 31 heavy (non-hydrogen) atoms. The molecule has 1 amide bonds. The number of sulfonamides is 1. The highest BCUT2D eigenvalue weighted by atomic mass is 35.5. The van der Waals surface area contributed by atoms with Crippen molar-refractivity contribution in [3.63, 3.8) is 0 Å². The van der Waals surface area contributed by atoms with Crippen LogP contribution < -0.4 is 14.8 Å². The maximum Gasteiger partial charge on any atom is 0.243 e. The first-order chi connectivity index (χ1) is 14.9. The summed E-state index contributed by atoms with van der Waals surface area (Å²) in [6, 6.07) is 11.6. The average Bonchev–Trinajstić information content (AvgIpc) is 2.77. The van der Waals surface area contributed by atoms with Crippen molar-refractivity contribution in [2.75, 3.05) is 31.6 Å². The fourth-order valence-electron chi connectivity index (χ4n) is 3.52. The maximum absolute atomic E-state index is 13.1. The molecule has 0 saturated carbocycles. The zero-order valence-electron chi connectivity index (χ0n) is 17.6. The number of hydrogen-bond acceptors (Lipinski definition) is 5. The molecule has 0 radical (unpaired) electrons. The van der Waals surface area contributed by atoms with Gasteiger partial charge < -0.3 is 14.8 Å². The van der Waals surface area contributed by atoms with Crippen molar-refractivity contribution in [3.05, 3.63) is 47.5 Å². The van der Waals surface area contributed by atoms with Gasteiger partial charge in [0.25, 0.3) is 0 Å². The highest BCUT2D eigenvalue weighted by Crippen LogP contribution is 2.31. The van der Waals surface area contributed by atoms with Crippen LogP contribution in [0.5, 0.6) is 11.5 Å². The number of carbonyl (C=O) groups is 1. The number of ether oxygens (including phenoxy) is 2. The van der Waals surface area contributed by atoms with Crippen molar-refractivity contribution in [2.24, 2.45) is 5.92 Å². The Bertz CT molecular complexity index is 1030. The molecule has 1 fully saturated rings. The number of benzene rings is 2. The Morgan fingerprint density at radius 2 is 1.84 bits per heavy atom. The van der Waals surface area contributed by atoms with Crippen LogP contribution in [0.3, 0.4) is 0 Å². The standard InChI is InChI=1S/C22H27ClN2O5S/c1-3-29-20-12-11-17(14-18(20)23)31(27,28)25-13-7-8-16(15-25)22(26)24-19-9-5-6-10-21(19)30-4-2/h5-6,9-12,14,16H,3-4,7-8,13,15H2,1-2H3,(H,24,26)/t16-/m0/s1. The quantitative estimate of drug-likeness (QED) is 0.630. The number of nitrogens with one attached hydrogen (secondary N) is 1. The first-order valence-electron chi connectivity index (χ1n) is 10.3. The molecule has 7 nitrogen and oxygen atoms in total. The molecule has 1 N–H and O–H groups in total. The molecule has 1 heterocycles. The fourth-order valence-corrected chi connectivity index (χ4v) is 5.37. The number of amides is 1.